The second kappa shape index (κ2) is 11.3. The predicted octanol–water partition coefficient (Wildman–Crippen LogP) is 8.45. The minimum absolute atomic E-state index is 0.00946. The van der Waals surface area contributed by atoms with Crippen LogP contribution in [0.15, 0.2) is 0 Å². The largest absolute Gasteiger partial charge is 0.464 e. The number of halogens is 2. The number of carbonyl (C=O) groups excluding carboxylic acids is 3. The second-order valence-electron chi connectivity index (χ2n) is 20.2. The molecule has 2 unspecified atom stereocenters. The zero-order valence-corrected chi connectivity index (χ0v) is 31.2. The molecule has 1 spiro atoms. The summed E-state index contributed by atoms with van der Waals surface area (Å²) in [5, 5.41) is 0. The van der Waals surface area contributed by atoms with Gasteiger partial charge in [-0.2, -0.15) is 8.78 Å². The number of hydrogen-bond donors (Lipinski definition) is 0. The summed E-state index contributed by atoms with van der Waals surface area (Å²) < 4.78 is 46.4. The van der Waals surface area contributed by atoms with Crippen LogP contribution in [0.3, 0.4) is 0 Å². The first kappa shape index (κ1) is 33.5. The number of esters is 3. The van der Waals surface area contributed by atoms with E-state index in [2.05, 4.69) is 0 Å². The first-order valence-electron chi connectivity index (χ1n) is 20.0. The molecule has 0 N–H and O–H groups in total. The number of hydrogen-bond acceptors (Lipinski definition) is 8. The van der Waals surface area contributed by atoms with E-state index in [0.29, 0.717) is 67.6 Å². The van der Waals surface area contributed by atoms with Crippen LogP contribution in [0.1, 0.15) is 116 Å². The van der Waals surface area contributed by atoms with E-state index in [-0.39, 0.29) is 51.9 Å². The average Bonchev–Trinajstić information content (AvgIpc) is 3.04. The SMILES string of the molecule is CC(F)(F)C(=O)OC12CC3CC(C1)C1(SCC(COC(=O)C45CC6CC(CC(C6)C4)C5)(COC(=O)C45CC6CC(CC(C6)C4)C5)CS1)C(C3)C2. The zero-order valence-electron chi connectivity index (χ0n) is 29.6. The summed E-state index contributed by atoms with van der Waals surface area (Å²) in [6.45, 7) is 1.20. The average molecular weight is 733 g/mol. The molecule has 13 aliphatic rings. The standard InChI is InChI=1S/C40H54F2O6S2/c1-35(41,42)32(43)48-39-16-29-8-30(17-39)40(31(9-29)18-39)49-21-36(22-50-40,19-46-33(44)37-10-23-2-24(11-37)4-25(3-23)12-37)20-47-34(45)38-13-26-5-27(14-38)7-28(6-26)15-38/h23-31H,2-22H2,1H3. The van der Waals surface area contributed by atoms with Crippen LogP contribution < -0.4 is 0 Å². The second-order valence-corrected chi connectivity index (χ2v) is 22.9. The van der Waals surface area contributed by atoms with Crippen molar-refractivity contribution < 1.29 is 37.4 Å². The predicted molar refractivity (Wildman–Crippen MR) is 186 cm³/mol. The molecule has 2 atom stereocenters. The van der Waals surface area contributed by atoms with Crippen molar-refractivity contribution >= 4 is 41.4 Å². The number of carbonyl (C=O) groups is 3. The molecular weight excluding hydrogens is 679 g/mol. The van der Waals surface area contributed by atoms with Crippen LogP contribution in [0, 0.1) is 69.5 Å². The van der Waals surface area contributed by atoms with Gasteiger partial charge >= 0.3 is 23.8 Å². The molecule has 13 rings (SSSR count). The molecule has 12 aliphatic carbocycles. The molecule has 12 saturated carbocycles. The van der Waals surface area contributed by atoms with Gasteiger partial charge in [-0.1, -0.05) is 0 Å². The van der Waals surface area contributed by atoms with Crippen molar-refractivity contribution in [3.8, 4) is 0 Å². The summed E-state index contributed by atoms with van der Waals surface area (Å²) >= 11 is 3.89. The number of ether oxygens (including phenoxy) is 3. The van der Waals surface area contributed by atoms with Crippen LogP contribution in [0.4, 0.5) is 8.78 Å². The molecule has 50 heavy (non-hydrogen) atoms. The highest BCUT2D eigenvalue weighted by Gasteiger charge is 2.67. The van der Waals surface area contributed by atoms with Crippen molar-refractivity contribution in [3.63, 3.8) is 0 Å². The normalized spacial score (nSPS) is 52.0. The minimum Gasteiger partial charge on any atom is -0.464 e. The van der Waals surface area contributed by atoms with Crippen LogP contribution in [0.5, 0.6) is 0 Å². The molecular formula is C40H54F2O6S2. The third kappa shape index (κ3) is 5.29. The van der Waals surface area contributed by atoms with Crippen LogP contribution in [-0.4, -0.2) is 58.2 Å². The molecule has 0 aromatic rings. The van der Waals surface area contributed by atoms with Crippen molar-refractivity contribution in [2.45, 2.75) is 132 Å². The smallest absolute Gasteiger partial charge is 0.377 e. The summed E-state index contributed by atoms with van der Waals surface area (Å²) in [4.78, 5) is 40.6. The van der Waals surface area contributed by atoms with E-state index in [1.165, 1.54) is 38.5 Å². The van der Waals surface area contributed by atoms with Crippen molar-refractivity contribution in [1.82, 2.24) is 0 Å². The van der Waals surface area contributed by atoms with Crippen LogP contribution in [-0.2, 0) is 28.6 Å². The van der Waals surface area contributed by atoms with Gasteiger partial charge in [0.15, 0.2) is 0 Å². The maximum atomic E-state index is 14.1. The lowest BCUT2D eigenvalue weighted by Crippen LogP contribution is -2.64. The fraction of sp³-hybridized carbons (Fsp3) is 0.925. The van der Waals surface area contributed by atoms with Crippen molar-refractivity contribution in [2.24, 2.45) is 69.5 Å². The Morgan fingerprint density at radius 1 is 0.600 bits per heavy atom. The molecule has 1 heterocycles. The van der Waals surface area contributed by atoms with Gasteiger partial charge in [-0.3, -0.25) is 9.59 Å². The summed E-state index contributed by atoms with van der Waals surface area (Å²) in [5.74, 6) is 1.46. The quantitative estimate of drug-likeness (QED) is 0.182. The van der Waals surface area contributed by atoms with Crippen molar-refractivity contribution in [2.75, 3.05) is 24.7 Å². The fourth-order valence-corrected chi connectivity index (χ4v) is 19.1. The highest BCUT2D eigenvalue weighted by Crippen LogP contribution is 2.71. The highest BCUT2D eigenvalue weighted by molar-refractivity contribution is 8.18. The molecule has 0 amide bonds. The third-order valence-corrected chi connectivity index (χ3v) is 20.6. The topological polar surface area (TPSA) is 78.9 Å². The molecule has 0 aromatic heterocycles. The van der Waals surface area contributed by atoms with Crippen LogP contribution in [0.25, 0.3) is 0 Å². The van der Waals surface area contributed by atoms with E-state index >= 15 is 0 Å². The third-order valence-electron chi connectivity index (χ3n) is 16.1. The lowest BCUT2D eigenvalue weighted by molar-refractivity contribution is -0.208. The molecule has 6 nitrogen and oxygen atoms in total. The van der Waals surface area contributed by atoms with Crippen LogP contribution >= 0.6 is 23.5 Å². The monoisotopic (exact) mass is 732 g/mol. The number of thioether (sulfide) groups is 2. The Morgan fingerprint density at radius 3 is 1.36 bits per heavy atom. The van der Waals surface area contributed by atoms with Gasteiger partial charge in [0.25, 0.3) is 0 Å². The van der Waals surface area contributed by atoms with Gasteiger partial charge in [-0.15, -0.1) is 23.5 Å². The molecule has 10 heteroatoms. The molecule has 276 valence electrons. The summed E-state index contributed by atoms with van der Waals surface area (Å²) in [7, 11) is 0. The molecule has 13 fully saturated rings. The van der Waals surface area contributed by atoms with Gasteiger partial charge in [0.05, 0.1) is 20.3 Å². The Balaban J connectivity index is 0.868. The fourth-order valence-electron chi connectivity index (χ4n) is 15.0. The van der Waals surface area contributed by atoms with E-state index in [1.54, 1.807) is 0 Å². The first-order chi connectivity index (χ1) is 23.8. The summed E-state index contributed by atoms with van der Waals surface area (Å²) in [6.07, 6.45) is 17.5. The summed E-state index contributed by atoms with van der Waals surface area (Å²) in [6, 6.07) is 0. The Labute approximate surface area is 303 Å². The lowest BCUT2D eigenvalue weighted by Gasteiger charge is -2.65. The molecule has 1 saturated heterocycles. The minimum atomic E-state index is -3.49. The number of rotatable bonds is 8. The van der Waals surface area contributed by atoms with E-state index in [0.717, 1.165) is 62.9 Å². The van der Waals surface area contributed by atoms with Crippen molar-refractivity contribution in [1.29, 1.82) is 0 Å². The molecule has 12 bridgehead atoms. The summed E-state index contributed by atoms with van der Waals surface area (Å²) in [5.41, 5.74) is -1.91. The van der Waals surface area contributed by atoms with Crippen LogP contribution in [0.2, 0.25) is 0 Å². The lowest BCUT2D eigenvalue weighted by atomic mass is 9.49. The molecule has 0 aromatic carbocycles. The van der Waals surface area contributed by atoms with Crippen molar-refractivity contribution in [3.05, 3.63) is 0 Å². The Morgan fingerprint density at radius 2 is 0.980 bits per heavy atom. The van der Waals surface area contributed by atoms with Gasteiger partial charge in [0.2, 0.25) is 0 Å². The van der Waals surface area contributed by atoms with Gasteiger partial charge in [0.1, 0.15) is 18.8 Å². The maximum absolute atomic E-state index is 14.1. The van der Waals surface area contributed by atoms with Gasteiger partial charge in [-0.05, 0) is 162 Å². The Hall–Kier alpha value is -1.03. The first-order valence-corrected chi connectivity index (χ1v) is 22.0. The van der Waals surface area contributed by atoms with E-state index in [9.17, 15) is 23.2 Å². The number of alkyl halides is 2. The Kier molecular flexibility index (Phi) is 7.55. The zero-order chi connectivity index (χ0) is 34.3. The van der Waals surface area contributed by atoms with Gasteiger partial charge < -0.3 is 14.2 Å². The molecule has 1 aliphatic heterocycles. The highest BCUT2D eigenvalue weighted by atomic mass is 32.2. The Bertz CT molecular complexity index is 1300. The van der Waals surface area contributed by atoms with E-state index in [4.69, 9.17) is 14.2 Å². The van der Waals surface area contributed by atoms with E-state index < -0.39 is 22.9 Å². The van der Waals surface area contributed by atoms with Gasteiger partial charge in [-0.25, -0.2) is 4.79 Å². The maximum Gasteiger partial charge on any atom is 0.377 e. The van der Waals surface area contributed by atoms with Gasteiger partial charge in [0, 0.05) is 18.4 Å². The van der Waals surface area contributed by atoms with E-state index in [1.807, 2.05) is 23.5 Å². The molecule has 0 radical (unpaired) electrons.